The monoisotopic (exact) mass is 381 g/mol. The molecule has 2 rings (SSSR count). The summed E-state index contributed by atoms with van der Waals surface area (Å²) in [7, 11) is 0. The van der Waals surface area contributed by atoms with E-state index in [4.69, 9.17) is 10.5 Å². The minimum Gasteiger partial charge on any atom is -0.457 e. The van der Waals surface area contributed by atoms with Crippen LogP contribution in [0.1, 0.15) is 27.0 Å². The van der Waals surface area contributed by atoms with Crippen molar-refractivity contribution in [1.29, 1.82) is 0 Å². The Kier molecular flexibility index (Phi) is 4.65. The van der Waals surface area contributed by atoms with Crippen molar-refractivity contribution in [3.63, 3.8) is 0 Å². The Morgan fingerprint density at radius 3 is 2.45 bits per heavy atom. The predicted octanol–water partition coefficient (Wildman–Crippen LogP) is 3.85. The molecule has 20 heavy (non-hydrogen) atoms. The van der Waals surface area contributed by atoms with Gasteiger partial charge in [0.25, 0.3) is 0 Å². The van der Waals surface area contributed by atoms with Crippen LogP contribution in [-0.4, -0.2) is 5.97 Å². The third-order valence-corrected chi connectivity index (χ3v) is 3.84. The van der Waals surface area contributed by atoms with Crippen LogP contribution in [0.3, 0.4) is 0 Å². The number of hydrogen-bond donors (Lipinski definition) is 1. The Bertz CT molecular complexity index is 636. The smallest absolute Gasteiger partial charge is 0.338 e. The van der Waals surface area contributed by atoms with Crippen molar-refractivity contribution >= 4 is 34.2 Å². The van der Waals surface area contributed by atoms with Crippen LogP contribution in [0, 0.1) is 17.4 Å². The van der Waals surface area contributed by atoms with E-state index in [2.05, 4.69) is 22.6 Å². The molecule has 0 heterocycles. The summed E-state index contributed by atoms with van der Waals surface area (Å²) in [4.78, 5) is 12.1. The van der Waals surface area contributed by atoms with Crippen molar-refractivity contribution in [3.8, 4) is 0 Å². The van der Waals surface area contributed by atoms with Gasteiger partial charge >= 0.3 is 5.97 Å². The van der Waals surface area contributed by atoms with Crippen LogP contribution in [0.4, 0.5) is 5.69 Å². The highest BCUT2D eigenvalue weighted by atomic mass is 127. The molecule has 0 amide bonds. The van der Waals surface area contributed by atoms with Gasteiger partial charge < -0.3 is 10.5 Å². The van der Waals surface area contributed by atoms with Gasteiger partial charge in [0.05, 0.1) is 5.56 Å². The van der Waals surface area contributed by atoms with Crippen molar-refractivity contribution in [2.75, 3.05) is 5.73 Å². The minimum atomic E-state index is -0.340. The number of hydrogen-bond acceptors (Lipinski definition) is 3. The van der Waals surface area contributed by atoms with Gasteiger partial charge in [0.15, 0.2) is 0 Å². The van der Waals surface area contributed by atoms with E-state index < -0.39 is 0 Å². The molecule has 0 aliphatic carbocycles. The van der Waals surface area contributed by atoms with Gasteiger partial charge in [-0.25, -0.2) is 4.79 Å². The second-order valence-electron chi connectivity index (χ2n) is 4.73. The maximum Gasteiger partial charge on any atom is 0.338 e. The largest absolute Gasteiger partial charge is 0.457 e. The molecular weight excluding hydrogens is 365 g/mol. The first kappa shape index (κ1) is 14.8. The molecule has 0 saturated heterocycles. The molecule has 0 radical (unpaired) electrons. The topological polar surface area (TPSA) is 52.3 Å². The fourth-order valence-corrected chi connectivity index (χ4v) is 2.26. The quantitative estimate of drug-likeness (QED) is 0.499. The molecule has 0 bridgehead atoms. The molecular formula is C16H16INO2. The van der Waals surface area contributed by atoms with Crippen molar-refractivity contribution in [2.45, 2.75) is 20.5 Å². The average Bonchev–Trinajstić information content (AvgIpc) is 2.42. The number of nitrogens with two attached hydrogens (primary N) is 1. The molecule has 0 atom stereocenters. The maximum atomic E-state index is 12.1. The van der Waals surface area contributed by atoms with E-state index in [9.17, 15) is 4.79 Å². The van der Waals surface area contributed by atoms with E-state index in [1.165, 1.54) is 0 Å². The molecule has 2 N–H and O–H groups in total. The molecule has 2 aromatic rings. The van der Waals surface area contributed by atoms with E-state index in [-0.39, 0.29) is 12.6 Å². The lowest BCUT2D eigenvalue weighted by atomic mass is 10.0. The number of nitrogen functional groups attached to an aromatic ring is 1. The third kappa shape index (κ3) is 3.50. The van der Waals surface area contributed by atoms with Gasteiger partial charge in [-0.1, -0.05) is 18.2 Å². The molecule has 104 valence electrons. The SMILES string of the molecule is Cc1cc(C)c(C(=O)OCc2ccc(I)cc2)cc1N. The van der Waals surface area contributed by atoms with Crippen LogP contribution >= 0.6 is 22.6 Å². The number of anilines is 1. The lowest BCUT2D eigenvalue weighted by Gasteiger charge is -2.10. The highest BCUT2D eigenvalue weighted by molar-refractivity contribution is 14.1. The summed E-state index contributed by atoms with van der Waals surface area (Å²) in [6.07, 6.45) is 0. The second-order valence-corrected chi connectivity index (χ2v) is 5.97. The molecule has 0 spiro atoms. The fourth-order valence-electron chi connectivity index (χ4n) is 1.90. The zero-order valence-electron chi connectivity index (χ0n) is 11.4. The van der Waals surface area contributed by atoms with E-state index in [0.717, 1.165) is 20.3 Å². The lowest BCUT2D eigenvalue weighted by molar-refractivity contribution is 0.0472. The molecule has 0 aromatic heterocycles. The molecule has 0 fully saturated rings. The summed E-state index contributed by atoms with van der Waals surface area (Å²) < 4.78 is 6.49. The predicted molar refractivity (Wildman–Crippen MR) is 88.6 cm³/mol. The summed E-state index contributed by atoms with van der Waals surface area (Å²) in [5.41, 5.74) is 9.79. The molecule has 0 unspecified atom stereocenters. The van der Waals surface area contributed by atoms with Crippen LogP contribution in [0.5, 0.6) is 0 Å². The summed E-state index contributed by atoms with van der Waals surface area (Å²) in [6, 6.07) is 11.5. The number of benzene rings is 2. The Morgan fingerprint density at radius 1 is 1.15 bits per heavy atom. The normalized spacial score (nSPS) is 10.3. The first-order chi connectivity index (χ1) is 9.47. The fraction of sp³-hybridized carbons (Fsp3) is 0.188. The van der Waals surface area contributed by atoms with Gasteiger partial charge in [-0.05, 0) is 71.3 Å². The van der Waals surface area contributed by atoms with Crippen molar-refractivity contribution in [1.82, 2.24) is 0 Å². The van der Waals surface area contributed by atoms with Gasteiger partial charge in [0.1, 0.15) is 6.61 Å². The first-order valence-corrected chi connectivity index (χ1v) is 7.33. The van der Waals surface area contributed by atoms with Gasteiger partial charge in [0, 0.05) is 9.26 Å². The number of aryl methyl sites for hydroxylation is 2. The van der Waals surface area contributed by atoms with Crippen molar-refractivity contribution in [2.24, 2.45) is 0 Å². The summed E-state index contributed by atoms with van der Waals surface area (Å²) in [6.45, 7) is 4.07. The van der Waals surface area contributed by atoms with Gasteiger partial charge in [-0.15, -0.1) is 0 Å². The van der Waals surface area contributed by atoms with Crippen LogP contribution < -0.4 is 5.73 Å². The number of ether oxygens (including phenoxy) is 1. The van der Waals surface area contributed by atoms with E-state index in [0.29, 0.717) is 11.3 Å². The van der Waals surface area contributed by atoms with E-state index >= 15 is 0 Å². The van der Waals surface area contributed by atoms with Gasteiger partial charge in [-0.2, -0.15) is 0 Å². The number of carbonyl (C=O) groups excluding carboxylic acids is 1. The zero-order chi connectivity index (χ0) is 14.7. The Morgan fingerprint density at radius 2 is 1.80 bits per heavy atom. The van der Waals surface area contributed by atoms with Crippen LogP contribution in [0.25, 0.3) is 0 Å². The third-order valence-electron chi connectivity index (χ3n) is 3.12. The lowest BCUT2D eigenvalue weighted by Crippen LogP contribution is -2.08. The van der Waals surface area contributed by atoms with Crippen molar-refractivity contribution < 1.29 is 9.53 Å². The second kappa shape index (κ2) is 6.26. The Labute approximate surface area is 132 Å². The summed E-state index contributed by atoms with van der Waals surface area (Å²) in [5, 5.41) is 0. The van der Waals surface area contributed by atoms with E-state index in [1.807, 2.05) is 44.2 Å². The van der Waals surface area contributed by atoms with E-state index in [1.54, 1.807) is 6.07 Å². The molecule has 2 aromatic carbocycles. The molecule has 0 aliphatic rings. The maximum absolute atomic E-state index is 12.1. The molecule has 3 nitrogen and oxygen atoms in total. The highest BCUT2D eigenvalue weighted by Crippen LogP contribution is 2.19. The average molecular weight is 381 g/mol. The Hall–Kier alpha value is -1.56. The zero-order valence-corrected chi connectivity index (χ0v) is 13.6. The number of halogens is 1. The van der Waals surface area contributed by atoms with Gasteiger partial charge in [0.2, 0.25) is 0 Å². The first-order valence-electron chi connectivity index (χ1n) is 6.25. The van der Waals surface area contributed by atoms with Crippen LogP contribution in [0.15, 0.2) is 36.4 Å². The van der Waals surface area contributed by atoms with Crippen LogP contribution in [-0.2, 0) is 11.3 Å². The summed E-state index contributed by atoms with van der Waals surface area (Å²) >= 11 is 2.24. The standard InChI is InChI=1S/C16H16INO2/c1-10-7-11(2)15(18)8-14(10)16(19)20-9-12-3-5-13(17)6-4-12/h3-8H,9,18H2,1-2H3. The molecule has 0 aliphatic heterocycles. The number of rotatable bonds is 3. The number of carbonyl (C=O) groups is 1. The number of esters is 1. The van der Waals surface area contributed by atoms with Crippen molar-refractivity contribution in [3.05, 3.63) is 62.2 Å². The summed E-state index contributed by atoms with van der Waals surface area (Å²) in [5.74, 6) is -0.340. The molecule has 4 heteroatoms. The minimum absolute atomic E-state index is 0.267. The highest BCUT2D eigenvalue weighted by Gasteiger charge is 2.12. The van der Waals surface area contributed by atoms with Crippen LogP contribution in [0.2, 0.25) is 0 Å². The Balaban J connectivity index is 2.09. The molecule has 0 saturated carbocycles. The van der Waals surface area contributed by atoms with Gasteiger partial charge in [-0.3, -0.25) is 0 Å².